The van der Waals surface area contributed by atoms with Crippen LogP contribution < -0.4 is 11.1 Å². The maximum absolute atomic E-state index is 13.3. The highest BCUT2D eigenvalue weighted by molar-refractivity contribution is 6.35. The second-order valence-corrected chi connectivity index (χ2v) is 5.13. The molecule has 104 valence electrons. The largest absolute Gasteiger partial charge is 0.397 e. The molecule has 2 aromatic carbocycles. The summed E-state index contributed by atoms with van der Waals surface area (Å²) in [5, 5.41) is 2.42. The molecule has 0 saturated carbocycles. The van der Waals surface area contributed by atoms with Crippen molar-refractivity contribution in [1.82, 2.24) is 0 Å². The number of rotatable bonds is 2. The number of para-hydroxylation sites is 1. The van der Waals surface area contributed by atoms with Crippen molar-refractivity contribution in [2.24, 2.45) is 0 Å². The van der Waals surface area contributed by atoms with E-state index in [1.165, 1.54) is 18.2 Å². The van der Waals surface area contributed by atoms with Gasteiger partial charge in [0.15, 0.2) is 5.82 Å². The first kappa shape index (κ1) is 14.9. The number of carbonyl (C=O) groups is 1. The molecule has 3 nitrogen and oxygen atoms in total. The van der Waals surface area contributed by atoms with Gasteiger partial charge in [0.25, 0.3) is 5.91 Å². The molecule has 2 aromatic rings. The molecule has 2 rings (SSSR count). The third-order valence-electron chi connectivity index (χ3n) is 2.54. The van der Waals surface area contributed by atoms with E-state index in [-0.39, 0.29) is 32.0 Å². The Labute approximate surface area is 129 Å². The second kappa shape index (κ2) is 5.87. The van der Waals surface area contributed by atoms with Crippen LogP contribution in [0.2, 0.25) is 15.1 Å². The van der Waals surface area contributed by atoms with E-state index < -0.39 is 11.7 Å². The van der Waals surface area contributed by atoms with Crippen LogP contribution in [0, 0.1) is 5.82 Å². The van der Waals surface area contributed by atoms with Gasteiger partial charge in [-0.1, -0.05) is 40.9 Å². The quantitative estimate of drug-likeness (QED) is 0.622. The maximum atomic E-state index is 13.3. The van der Waals surface area contributed by atoms with E-state index in [9.17, 15) is 9.18 Å². The van der Waals surface area contributed by atoms with Gasteiger partial charge in [-0.15, -0.1) is 0 Å². The molecule has 0 aliphatic carbocycles. The predicted molar refractivity (Wildman–Crippen MR) is 80.2 cm³/mol. The zero-order valence-electron chi connectivity index (χ0n) is 9.88. The highest BCUT2D eigenvalue weighted by atomic mass is 35.5. The van der Waals surface area contributed by atoms with E-state index >= 15 is 0 Å². The van der Waals surface area contributed by atoms with Gasteiger partial charge in [-0.25, -0.2) is 4.39 Å². The van der Waals surface area contributed by atoms with E-state index in [0.29, 0.717) is 0 Å². The highest BCUT2D eigenvalue weighted by Gasteiger charge is 2.14. The number of carbonyl (C=O) groups excluding carboxylic acids is 1. The van der Waals surface area contributed by atoms with Crippen LogP contribution in [0.1, 0.15) is 10.4 Å². The lowest BCUT2D eigenvalue weighted by molar-refractivity contribution is 0.102. The summed E-state index contributed by atoms with van der Waals surface area (Å²) in [6.45, 7) is 0. The van der Waals surface area contributed by atoms with Crippen LogP contribution >= 0.6 is 34.8 Å². The van der Waals surface area contributed by atoms with Crippen LogP contribution in [0.25, 0.3) is 0 Å². The molecular weight excluding hydrogens is 326 g/mol. The average molecular weight is 334 g/mol. The Bertz CT molecular complexity index is 668. The molecule has 0 aromatic heterocycles. The van der Waals surface area contributed by atoms with Crippen molar-refractivity contribution >= 4 is 52.1 Å². The molecule has 0 bridgehead atoms. The molecular formula is C13H8Cl3FN2O. The minimum atomic E-state index is -0.742. The second-order valence-electron chi connectivity index (χ2n) is 3.91. The third kappa shape index (κ3) is 2.98. The van der Waals surface area contributed by atoms with Crippen molar-refractivity contribution < 1.29 is 9.18 Å². The predicted octanol–water partition coefficient (Wildman–Crippen LogP) is 4.62. The molecule has 3 N–H and O–H groups in total. The minimum absolute atomic E-state index is 0.158. The van der Waals surface area contributed by atoms with Crippen molar-refractivity contribution in [2.75, 3.05) is 11.1 Å². The van der Waals surface area contributed by atoms with Crippen molar-refractivity contribution in [3.63, 3.8) is 0 Å². The number of amides is 1. The SMILES string of the molecule is Nc1c(Cl)cccc1C(=O)Nc1cc(Cl)c(F)c(Cl)c1. The first-order valence-corrected chi connectivity index (χ1v) is 6.53. The van der Waals surface area contributed by atoms with Crippen LogP contribution in [0.15, 0.2) is 30.3 Å². The molecule has 0 atom stereocenters. The number of anilines is 2. The normalized spacial score (nSPS) is 10.4. The minimum Gasteiger partial charge on any atom is -0.397 e. The zero-order valence-corrected chi connectivity index (χ0v) is 12.2. The molecule has 0 radical (unpaired) electrons. The summed E-state index contributed by atoms with van der Waals surface area (Å²) in [7, 11) is 0. The number of benzene rings is 2. The first-order chi connectivity index (χ1) is 9.40. The van der Waals surface area contributed by atoms with Crippen LogP contribution in [0.4, 0.5) is 15.8 Å². The molecule has 20 heavy (non-hydrogen) atoms. The van der Waals surface area contributed by atoms with Gasteiger partial charge < -0.3 is 11.1 Å². The zero-order chi connectivity index (χ0) is 14.9. The summed E-state index contributed by atoms with van der Waals surface area (Å²) >= 11 is 17.1. The Hall–Kier alpha value is -1.49. The summed E-state index contributed by atoms with van der Waals surface area (Å²) in [6.07, 6.45) is 0. The Morgan fingerprint density at radius 2 is 1.70 bits per heavy atom. The van der Waals surface area contributed by atoms with Gasteiger partial charge in [0.2, 0.25) is 0 Å². The summed E-state index contributed by atoms with van der Waals surface area (Å²) in [6, 6.07) is 7.18. The van der Waals surface area contributed by atoms with Crippen molar-refractivity contribution in [3.05, 3.63) is 56.8 Å². The van der Waals surface area contributed by atoms with Crippen LogP contribution in [-0.4, -0.2) is 5.91 Å². The molecule has 0 saturated heterocycles. The van der Waals surface area contributed by atoms with Crippen LogP contribution in [-0.2, 0) is 0 Å². The lowest BCUT2D eigenvalue weighted by Crippen LogP contribution is -2.14. The van der Waals surface area contributed by atoms with Gasteiger partial charge >= 0.3 is 0 Å². The van der Waals surface area contributed by atoms with Crippen LogP contribution in [0.3, 0.4) is 0 Å². The van der Waals surface area contributed by atoms with Gasteiger partial charge in [-0.05, 0) is 24.3 Å². The molecule has 0 unspecified atom stereocenters. The number of nitrogen functional groups attached to an aromatic ring is 1. The number of nitrogens with two attached hydrogens (primary N) is 1. The van der Waals surface area contributed by atoms with Crippen molar-refractivity contribution in [2.45, 2.75) is 0 Å². The van der Waals surface area contributed by atoms with E-state index in [4.69, 9.17) is 40.5 Å². The standard InChI is InChI=1S/C13H8Cl3FN2O/c14-8-3-1-2-7(12(8)18)13(20)19-6-4-9(15)11(17)10(16)5-6/h1-5H,18H2,(H,19,20). The number of nitrogens with one attached hydrogen (secondary N) is 1. The molecule has 0 fully saturated rings. The Kier molecular flexibility index (Phi) is 4.38. The number of halogens is 4. The molecule has 0 spiro atoms. The third-order valence-corrected chi connectivity index (χ3v) is 3.42. The summed E-state index contributed by atoms with van der Waals surface area (Å²) in [5.74, 6) is -1.24. The summed E-state index contributed by atoms with van der Waals surface area (Å²) in [5.41, 5.74) is 6.33. The molecule has 1 amide bonds. The summed E-state index contributed by atoms with van der Waals surface area (Å²) in [4.78, 5) is 12.1. The smallest absolute Gasteiger partial charge is 0.257 e. The monoisotopic (exact) mass is 332 g/mol. The van der Waals surface area contributed by atoms with E-state index in [1.54, 1.807) is 12.1 Å². The number of hydrogen-bond donors (Lipinski definition) is 2. The van der Waals surface area contributed by atoms with Crippen molar-refractivity contribution in [1.29, 1.82) is 0 Å². The topological polar surface area (TPSA) is 55.1 Å². The first-order valence-electron chi connectivity index (χ1n) is 5.40. The molecule has 7 heteroatoms. The van der Waals surface area contributed by atoms with Gasteiger partial charge in [0, 0.05) is 5.69 Å². The van der Waals surface area contributed by atoms with Crippen LogP contribution in [0.5, 0.6) is 0 Å². The van der Waals surface area contributed by atoms with E-state index in [1.807, 2.05) is 0 Å². The van der Waals surface area contributed by atoms with Gasteiger partial charge in [0.1, 0.15) is 0 Å². The lowest BCUT2D eigenvalue weighted by atomic mass is 10.1. The van der Waals surface area contributed by atoms with E-state index in [2.05, 4.69) is 5.32 Å². The Balaban J connectivity index is 2.30. The maximum Gasteiger partial charge on any atom is 0.257 e. The van der Waals surface area contributed by atoms with Gasteiger partial charge in [-0.3, -0.25) is 4.79 Å². The molecule has 0 aliphatic heterocycles. The van der Waals surface area contributed by atoms with Crippen molar-refractivity contribution in [3.8, 4) is 0 Å². The lowest BCUT2D eigenvalue weighted by Gasteiger charge is -2.09. The Morgan fingerprint density at radius 3 is 2.30 bits per heavy atom. The Morgan fingerprint density at radius 1 is 1.10 bits per heavy atom. The number of hydrogen-bond acceptors (Lipinski definition) is 2. The fourth-order valence-electron chi connectivity index (χ4n) is 1.56. The molecule has 0 aliphatic rings. The molecule has 0 heterocycles. The van der Waals surface area contributed by atoms with E-state index in [0.717, 1.165) is 0 Å². The fourth-order valence-corrected chi connectivity index (χ4v) is 2.22. The summed E-state index contributed by atoms with van der Waals surface area (Å²) < 4.78 is 13.3. The average Bonchev–Trinajstić information content (AvgIpc) is 2.39. The van der Waals surface area contributed by atoms with Gasteiger partial charge in [-0.2, -0.15) is 0 Å². The van der Waals surface area contributed by atoms with Gasteiger partial charge in [0.05, 0.1) is 26.3 Å². The highest BCUT2D eigenvalue weighted by Crippen LogP contribution is 2.28. The fraction of sp³-hybridized carbons (Fsp3) is 0.